The SMILES string of the molecule is Cc1[nH]c2ccccc2c1CC(=O)NCC(c1cccc(F)c1)N(C)C. The van der Waals surface area contributed by atoms with Crippen molar-refractivity contribution in [1.82, 2.24) is 15.2 Å². The first-order valence-electron chi connectivity index (χ1n) is 8.70. The molecule has 1 atom stereocenters. The predicted molar refractivity (Wildman–Crippen MR) is 103 cm³/mol. The van der Waals surface area contributed by atoms with Gasteiger partial charge in [-0.05, 0) is 50.3 Å². The van der Waals surface area contributed by atoms with E-state index in [4.69, 9.17) is 0 Å². The predicted octanol–water partition coefficient (Wildman–Crippen LogP) is 3.58. The Morgan fingerprint density at radius 1 is 1.19 bits per heavy atom. The zero-order valence-corrected chi connectivity index (χ0v) is 15.3. The van der Waals surface area contributed by atoms with E-state index in [9.17, 15) is 9.18 Å². The number of amides is 1. The molecule has 136 valence electrons. The third kappa shape index (κ3) is 3.94. The van der Waals surface area contributed by atoms with E-state index < -0.39 is 0 Å². The smallest absolute Gasteiger partial charge is 0.224 e. The van der Waals surface area contributed by atoms with Crippen molar-refractivity contribution < 1.29 is 9.18 Å². The fourth-order valence-electron chi connectivity index (χ4n) is 3.31. The molecule has 0 aliphatic rings. The Hall–Kier alpha value is -2.66. The molecule has 0 aliphatic carbocycles. The second-order valence-electron chi connectivity index (χ2n) is 6.79. The van der Waals surface area contributed by atoms with E-state index >= 15 is 0 Å². The largest absolute Gasteiger partial charge is 0.358 e. The Morgan fingerprint density at radius 3 is 2.69 bits per heavy atom. The quantitative estimate of drug-likeness (QED) is 0.712. The summed E-state index contributed by atoms with van der Waals surface area (Å²) in [6.45, 7) is 2.41. The van der Waals surface area contributed by atoms with Crippen LogP contribution in [0.15, 0.2) is 48.5 Å². The number of hydrogen-bond acceptors (Lipinski definition) is 2. The van der Waals surface area contributed by atoms with E-state index in [0.717, 1.165) is 27.7 Å². The molecule has 2 N–H and O–H groups in total. The maximum Gasteiger partial charge on any atom is 0.224 e. The highest BCUT2D eigenvalue weighted by atomic mass is 19.1. The van der Waals surface area contributed by atoms with Gasteiger partial charge >= 0.3 is 0 Å². The second-order valence-corrected chi connectivity index (χ2v) is 6.79. The van der Waals surface area contributed by atoms with Crippen LogP contribution in [-0.4, -0.2) is 36.4 Å². The van der Waals surface area contributed by atoms with Crippen LogP contribution in [0.5, 0.6) is 0 Å². The molecule has 3 rings (SSSR count). The fourth-order valence-corrected chi connectivity index (χ4v) is 3.31. The second kappa shape index (κ2) is 7.70. The van der Waals surface area contributed by atoms with Gasteiger partial charge in [-0.1, -0.05) is 30.3 Å². The zero-order chi connectivity index (χ0) is 18.7. The van der Waals surface area contributed by atoms with Crippen LogP contribution < -0.4 is 5.32 Å². The van der Waals surface area contributed by atoms with Gasteiger partial charge in [0.25, 0.3) is 0 Å². The summed E-state index contributed by atoms with van der Waals surface area (Å²) in [5.41, 5.74) is 3.92. The lowest BCUT2D eigenvalue weighted by molar-refractivity contribution is -0.120. The highest BCUT2D eigenvalue weighted by Gasteiger charge is 2.17. The molecule has 26 heavy (non-hydrogen) atoms. The number of aromatic nitrogens is 1. The summed E-state index contributed by atoms with van der Waals surface area (Å²) < 4.78 is 13.5. The number of H-pyrrole nitrogens is 1. The highest BCUT2D eigenvalue weighted by Crippen LogP contribution is 2.22. The molecule has 0 aliphatic heterocycles. The van der Waals surface area contributed by atoms with E-state index in [1.54, 1.807) is 6.07 Å². The number of aromatic amines is 1. The molecule has 3 aromatic rings. The molecule has 5 heteroatoms. The van der Waals surface area contributed by atoms with Crippen molar-refractivity contribution in [3.63, 3.8) is 0 Å². The number of carbonyl (C=O) groups excluding carboxylic acids is 1. The van der Waals surface area contributed by atoms with Crippen molar-refractivity contribution >= 4 is 16.8 Å². The molecule has 1 amide bonds. The molecule has 4 nitrogen and oxygen atoms in total. The topological polar surface area (TPSA) is 48.1 Å². The number of hydrogen-bond donors (Lipinski definition) is 2. The van der Waals surface area contributed by atoms with Crippen molar-refractivity contribution in [3.8, 4) is 0 Å². The fraction of sp³-hybridized carbons (Fsp3) is 0.286. The van der Waals surface area contributed by atoms with Crippen LogP contribution in [-0.2, 0) is 11.2 Å². The standard InChI is InChI=1S/C21H24FN3O/c1-14-18(17-9-4-5-10-19(17)24-14)12-21(26)23-13-20(25(2)3)15-7-6-8-16(22)11-15/h4-11,20,24H,12-13H2,1-3H3,(H,23,26). The van der Waals surface area contributed by atoms with Crippen LogP contribution in [0.2, 0.25) is 0 Å². The Bertz CT molecular complexity index is 917. The van der Waals surface area contributed by atoms with Crippen LogP contribution in [0.25, 0.3) is 10.9 Å². The van der Waals surface area contributed by atoms with Gasteiger partial charge in [-0.15, -0.1) is 0 Å². The van der Waals surface area contributed by atoms with Crippen LogP contribution in [0, 0.1) is 12.7 Å². The lowest BCUT2D eigenvalue weighted by Gasteiger charge is -2.25. The number of nitrogens with zero attached hydrogens (tertiary/aromatic N) is 1. The van der Waals surface area contributed by atoms with E-state index in [0.29, 0.717) is 13.0 Å². The molecule has 0 saturated carbocycles. The summed E-state index contributed by atoms with van der Waals surface area (Å²) in [5, 5.41) is 4.07. The maximum absolute atomic E-state index is 13.5. The summed E-state index contributed by atoms with van der Waals surface area (Å²) in [6.07, 6.45) is 0.319. The van der Waals surface area contributed by atoms with E-state index in [1.807, 2.05) is 56.3 Å². The highest BCUT2D eigenvalue weighted by molar-refractivity contribution is 5.90. The number of para-hydroxylation sites is 1. The number of rotatable bonds is 6. The molecular formula is C21H24FN3O. The molecule has 1 aromatic heterocycles. The van der Waals surface area contributed by atoms with Gasteiger partial charge in [0.15, 0.2) is 0 Å². The van der Waals surface area contributed by atoms with Crippen LogP contribution in [0.4, 0.5) is 4.39 Å². The van der Waals surface area contributed by atoms with Crippen molar-refractivity contribution in [2.45, 2.75) is 19.4 Å². The molecule has 2 aromatic carbocycles. The van der Waals surface area contributed by atoms with Gasteiger partial charge in [-0.2, -0.15) is 0 Å². The summed E-state index contributed by atoms with van der Waals surface area (Å²) in [5.74, 6) is -0.309. The number of fused-ring (bicyclic) bond motifs is 1. The Balaban J connectivity index is 1.70. The van der Waals surface area contributed by atoms with Gasteiger partial charge in [-0.25, -0.2) is 4.39 Å². The van der Waals surface area contributed by atoms with Crippen LogP contribution in [0.3, 0.4) is 0 Å². The van der Waals surface area contributed by atoms with Gasteiger partial charge in [0.2, 0.25) is 5.91 Å². The van der Waals surface area contributed by atoms with Gasteiger partial charge in [-0.3, -0.25) is 4.79 Å². The normalized spacial score (nSPS) is 12.5. The third-order valence-corrected chi connectivity index (χ3v) is 4.71. The van der Waals surface area contributed by atoms with Crippen molar-refractivity contribution in [2.24, 2.45) is 0 Å². The minimum Gasteiger partial charge on any atom is -0.358 e. The van der Waals surface area contributed by atoms with Gasteiger partial charge in [0, 0.05) is 23.1 Å². The van der Waals surface area contributed by atoms with Crippen molar-refractivity contribution in [3.05, 3.63) is 71.2 Å². The summed E-state index contributed by atoms with van der Waals surface area (Å²) in [7, 11) is 3.84. The van der Waals surface area contributed by atoms with Gasteiger partial charge < -0.3 is 15.2 Å². The van der Waals surface area contributed by atoms with Crippen LogP contribution >= 0.6 is 0 Å². The summed E-state index contributed by atoms with van der Waals surface area (Å²) >= 11 is 0. The molecule has 1 heterocycles. The van der Waals surface area contributed by atoms with Crippen LogP contribution in [0.1, 0.15) is 22.9 Å². The zero-order valence-electron chi connectivity index (χ0n) is 15.3. The number of nitrogens with one attached hydrogen (secondary N) is 2. The first-order valence-corrected chi connectivity index (χ1v) is 8.70. The number of halogens is 1. The summed E-state index contributed by atoms with van der Waals surface area (Å²) in [6, 6.07) is 14.4. The van der Waals surface area contributed by atoms with E-state index in [-0.39, 0.29) is 17.8 Å². The third-order valence-electron chi connectivity index (χ3n) is 4.71. The lowest BCUT2D eigenvalue weighted by atomic mass is 10.0. The minimum atomic E-state index is -0.268. The van der Waals surface area contributed by atoms with E-state index in [2.05, 4.69) is 10.3 Å². The Morgan fingerprint density at radius 2 is 1.96 bits per heavy atom. The number of benzene rings is 2. The summed E-state index contributed by atoms with van der Waals surface area (Å²) in [4.78, 5) is 17.8. The van der Waals surface area contributed by atoms with E-state index in [1.165, 1.54) is 12.1 Å². The average molecular weight is 353 g/mol. The molecule has 0 bridgehead atoms. The monoisotopic (exact) mass is 353 g/mol. The maximum atomic E-state index is 13.5. The molecule has 0 radical (unpaired) electrons. The Labute approximate surface area is 153 Å². The van der Waals surface area contributed by atoms with Crippen molar-refractivity contribution in [1.29, 1.82) is 0 Å². The molecule has 0 spiro atoms. The number of carbonyl (C=O) groups is 1. The lowest BCUT2D eigenvalue weighted by Crippen LogP contribution is -2.35. The first-order chi connectivity index (χ1) is 12.5. The molecule has 1 unspecified atom stereocenters. The Kier molecular flexibility index (Phi) is 5.38. The first kappa shape index (κ1) is 18.1. The number of likely N-dealkylation sites (N-methyl/N-ethyl adjacent to an activating group) is 1. The van der Waals surface area contributed by atoms with Gasteiger partial charge in [0.05, 0.1) is 12.5 Å². The van der Waals surface area contributed by atoms with Gasteiger partial charge in [0.1, 0.15) is 5.82 Å². The molecular weight excluding hydrogens is 329 g/mol. The molecule has 0 fully saturated rings. The minimum absolute atomic E-state index is 0.0406. The number of aryl methyl sites for hydroxylation is 1. The average Bonchev–Trinajstić information content (AvgIpc) is 2.90. The molecule has 0 saturated heterocycles. The van der Waals surface area contributed by atoms with Crippen molar-refractivity contribution in [2.75, 3.05) is 20.6 Å².